The summed E-state index contributed by atoms with van der Waals surface area (Å²) in [5.74, 6) is 2.49. The van der Waals surface area contributed by atoms with Gasteiger partial charge in [0.2, 0.25) is 0 Å². The third kappa shape index (κ3) is 9.67. The molecule has 262 valence electrons. The zero-order valence-corrected chi connectivity index (χ0v) is 31.0. The van der Waals surface area contributed by atoms with Crippen molar-refractivity contribution < 1.29 is 14.6 Å². The maximum absolute atomic E-state index is 9.96. The second kappa shape index (κ2) is 18.1. The Hall–Kier alpha value is -4.34. The molecule has 5 aromatic carbocycles. The van der Waals surface area contributed by atoms with Gasteiger partial charge in [-0.3, -0.25) is 0 Å². The molecule has 0 radical (unpaired) electrons. The molecule has 0 spiro atoms. The van der Waals surface area contributed by atoms with E-state index in [1.165, 1.54) is 50.1 Å². The summed E-state index contributed by atoms with van der Waals surface area (Å²) in [6.07, 6.45) is 5.74. The van der Waals surface area contributed by atoms with Crippen LogP contribution in [0.3, 0.4) is 0 Å². The Morgan fingerprint density at radius 3 is 1.68 bits per heavy atom. The van der Waals surface area contributed by atoms with Gasteiger partial charge in [0.15, 0.2) is 0 Å². The van der Waals surface area contributed by atoms with Crippen molar-refractivity contribution in [1.82, 2.24) is 0 Å². The van der Waals surface area contributed by atoms with E-state index < -0.39 is 0 Å². The molecular weight excluding hydrogens is 613 g/mol. The summed E-state index contributed by atoms with van der Waals surface area (Å²) in [6.45, 7) is 10.3. The fraction of sp³-hybridized carbons (Fsp3) is 0.362. The van der Waals surface area contributed by atoms with Crippen LogP contribution in [-0.4, -0.2) is 25.9 Å². The largest absolute Gasteiger partial charge is 0.508 e. The van der Waals surface area contributed by atoms with Crippen molar-refractivity contribution in [2.45, 2.75) is 89.9 Å². The van der Waals surface area contributed by atoms with Gasteiger partial charge in [0.1, 0.15) is 11.5 Å². The molecule has 0 fully saturated rings. The molecule has 0 aliphatic heterocycles. The molecule has 3 atom stereocenters. The van der Waals surface area contributed by atoms with Crippen LogP contribution in [-0.2, 0) is 36.8 Å². The number of aromatic hydroxyl groups is 1. The number of rotatable bonds is 17. The average Bonchev–Trinajstić information content (AvgIpc) is 3.13. The molecule has 0 saturated carbocycles. The fourth-order valence-electron chi connectivity index (χ4n) is 7.84. The zero-order chi connectivity index (χ0) is 35.5. The third-order valence-corrected chi connectivity index (χ3v) is 10.3. The molecule has 0 aliphatic carbocycles. The minimum atomic E-state index is 0.286. The van der Waals surface area contributed by atoms with Gasteiger partial charge in [-0.1, -0.05) is 119 Å². The molecule has 0 aromatic heterocycles. The highest BCUT2D eigenvalue weighted by Crippen LogP contribution is 2.44. The lowest BCUT2D eigenvalue weighted by molar-refractivity contribution is 0.187. The number of aryl methyl sites for hydroxylation is 2. The summed E-state index contributed by atoms with van der Waals surface area (Å²) in [6, 6.07) is 40.9. The molecule has 50 heavy (non-hydrogen) atoms. The van der Waals surface area contributed by atoms with E-state index in [1.54, 1.807) is 7.11 Å². The lowest BCUT2D eigenvalue weighted by atomic mass is 9.71. The minimum Gasteiger partial charge on any atom is -0.508 e. The zero-order valence-electron chi connectivity index (χ0n) is 31.0. The molecule has 5 rings (SSSR count). The van der Waals surface area contributed by atoms with Crippen molar-refractivity contribution in [2.75, 3.05) is 20.8 Å². The quantitative estimate of drug-likeness (QED) is 0.107. The van der Waals surface area contributed by atoms with Crippen LogP contribution < -0.4 is 4.74 Å². The summed E-state index contributed by atoms with van der Waals surface area (Å²) >= 11 is 0. The van der Waals surface area contributed by atoms with Gasteiger partial charge >= 0.3 is 0 Å². The topological polar surface area (TPSA) is 38.7 Å². The van der Waals surface area contributed by atoms with Crippen molar-refractivity contribution in [3.05, 3.63) is 165 Å². The van der Waals surface area contributed by atoms with E-state index in [4.69, 9.17) is 9.47 Å². The molecule has 3 unspecified atom stereocenters. The monoisotopic (exact) mass is 668 g/mol. The van der Waals surface area contributed by atoms with Gasteiger partial charge in [0.05, 0.1) is 7.11 Å². The molecule has 0 aliphatic rings. The van der Waals surface area contributed by atoms with Crippen molar-refractivity contribution in [2.24, 2.45) is 0 Å². The molecule has 5 aromatic rings. The Balaban J connectivity index is 1.73. The fourth-order valence-corrected chi connectivity index (χ4v) is 7.84. The average molecular weight is 669 g/mol. The van der Waals surface area contributed by atoms with Gasteiger partial charge in [-0.25, -0.2) is 0 Å². The lowest BCUT2D eigenvalue weighted by Gasteiger charge is -2.34. The summed E-state index contributed by atoms with van der Waals surface area (Å²) < 4.78 is 11.3. The standard InChI is InChI=1S/C47H56O3/c1-33(2)45-40(22-17-36-18-23-42(48)24-19-36)32-44(34(3)29-37-13-9-7-10-14-37)47(46(45)35(4)30-38-15-11-8-12-16-38)41(27-28-49-5)31-39-20-25-43(50-6)26-21-39/h7-16,18-21,23-26,32-35,41,48H,17,22,27-31H2,1-6H3. The van der Waals surface area contributed by atoms with Crippen LogP contribution in [0.5, 0.6) is 11.5 Å². The number of hydrogen-bond donors (Lipinski definition) is 1. The second-order valence-corrected chi connectivity index (χ2v) is 14.4. The first-order valence-corrected chi connectivity index (χ1v) is 18.4. The number of benzene rings is 5. The third-order valence-electron chi connectivity index (χ3n) is 10.3. The highest BCUT2D eigenvalue weighted by molar-refractivity contribution is 5.54. The van der Waals surface area contributed by atoms with Gasteiger partial charge in [0, 0.05) is 13.7 Å². The Morgan fingerprint density at radius 2 is 1.12 bits per heavy atom. The number of hydrogen-bond acceptors (Lipinski definition) is 3. The highest BCUT2D eigenvalue weighted by Gasteiger charge is 2.30. The molecule has 0 bridgehead atoms. The number of methoxy groups -OCH3 is 2. The lowest BCUT2D eigenvalue weighted by Crippen LogP contribution is -2.20. The first kappa shape index (κ1) is 36.9. The first-order valence-electron chi connectivity index (χ1n) is 18.4. The molecule has 1 N–H and O–H groups in total. The summed E-state index contributed by atoms with van der Waals surface area (Å²) in [5.41, 5.74) is 12.8. The summed E-state index contributed by atoms with van der Waals surface area (Å²) in [7, 11) is 3.56. The SMILES string of the molecule is COCCC(Cc1ccc(OC)cc1)c1c(C(C)Cc2ccccc2)cc(CCc2ccc(O)cc2)c(C(C)C)c1C(C)Cc1ccccc1. The van der Waals surface area contributed by atoms with Crippen LogP contribution in [0, 0.1) is 0 Å². The smallest absolute Gasteiger partial charge is 0.118 e. The number of ether oxygens (including phenoxy) is 2. The maximum Gasteiger partial charge on any atom is 0.118 e. The van der Waals surface area contributed by atoms with Crippen molar-refractivity contribution in [3.63, 3.8) is 0 Å². The van der Waals surface area contributed by atoms with Crippen molar-refractivity contribution in [3.8, 4) is 11.5 Å². The van der Waals surface area contributed by atoms with Crippen LogP contribution in [0.25, 0.3) is 0 Å². The van der Waals surface area contributed by atoms with E-state index in [0.717, 1.165) is 44.3 Å². The van der Waals surface area contributed by atoms with E-state index in [2.05, 4.69) is 131 Å². The van der Waals surface area contributed by atoms with E-state index in [0.29, 0.717) is 30.1 Å². The van der Waals surface area contributed by atoms with Gasteiger partial charge in [-0.2, -0.15) is 0 Å². The number of phenolic OH excluding ortho intramolecular Hbond substituents is 1. The molecule has 0 heterocycles. The van der Waals surface area contributed by atoms with Gasteiger partial charge < -0.3 is 14.6 Å². The Morgan fingerprint density at radius 1 is 0.560 bits per heavy atom. The Bertz CT molecular complexity index is 1740. The number of phenols is 1. The van der Waals surface area contributed by atoms with Crippen LogP contribution in [0.2, 0.25) is 0 Å². The summed E-state index contributed by atoms with van der Waals surface area (Å²) in [4.78, 5) is 0. The Kier molecular flexibility index (Phi) is 13.3. The highest BCUT2D eigenvalue weighted by atomic mass is 16.5. The van der Waals surface area contributed by atoms with Crippen molar-refractivity contribution in [1.29, 1.82) is 0 Å². The Labute approximate surface area is 301 Å². The van der Waals surface area contributed by atoms with E-state index in [-0.39, 0.29) is 5.92 Å². The molecule has 3 heteroatoms. The molecule has 0 saturated heterocycles. The molecular formula is C47H56O3. The van der Waals surface area contributed by atoms with Gasteiger partial charge in [-0.15, -0.1) is 0 Å². The second-order valence-electron chi connectivity index (χ2n) is 14.4. The van der Waals surface area contributed by atoms with Crippen LogP contribution >= 0.6 is 0 Å². The summed E-state index contributed by atoms with van der Waals surface area (Å²) in [5, 5.41) is 9.96. The maximum atomic E-state index is 9.96. The first-order chi connectivity index (χ1) is 24.3. The van der Waals surface area contributed by atoms with Gasteiger partial charge in [-0.05, 0) is 137 Å². The van der Waals surface area contributed by atoms with Gasteiger partial charge in [0.25, 0.3) is 0 Å². The predicted molar refractivity (Wildman–Crippen MR) is 209 cm³/mol. The van der Waals surface area contributed by atoms with E-state index in [9.17, 15) is 5.11 Å². The van der Waals surface area contributed by atoms with Crippen molar-refractivity contribution >= 4 is 0 Å². The minimum absolute atomic E-state index is 0.286. The van der Waals surface area contributed by atoms with E-state index in [1.807, 2.05) is 19.2 Å². The molecule has 0 amide bonds. The van der Waals surface area contributed by atoms with Crippen LogP contribution in [0.1, 0.15) is 108 Å². The predicted octanol–water partition coefficient (Wildman–Crippen LogP) is 11.4. The normalized spacial score (nSPS) is 13.3. The van der Waals surface area contributed by atoms with Crippen LogP contribution in [0.4, 0.5) is 0 Å². The molecule has 3 nitrogen and oxygen atoms in total. The van der Waals surface area contributed by atoms with Crippen LogP contribution in [0.15, 0.2) is 115 Å². The van der Waals surface area contributed by atoms with E-state index >= 15 is 0 Å².